The highest BCUT2D eigenvalue weighted by Gasteiger charge is 2.03. The van der Waals surface area contributed by atoms with Gasteiger partial charge in [0.25, 0.3) is 0 Å². The SMILES string of the molecule is CC/C=C\C/C=C\C/C=C\CCCCCCCC(=O)OCCCCCCCCCCCCCCCCCCCCCCCCCCCCCCCCCCC(=O)O. The van der Waals surface area contributed by atoms with Crippen LogP contribution in [0.2, 0.25) is 0 Å². The third kappa shape index (κ3) is 52.1. The van der Waals surface area contributed by atoms with Gasteiger partial charge in [-0.05, 0) is 51.4 Å². The lowest BCUT2D eigenvalue weighted by atomic mass is 10.0. The average Bonchev–Trinajstić information content (AvgIpc) is 3.20. The van der Waals surface area contributed by atoms with E-state index < -0.39 is 5.97 Å². The Kier molecular flexibility index (Phi) is 48.7. The van der Waals surface area contributed by atoms with E-state index in [0.717, 1.165) is 51.4 Å². The highest BCUT2D eigenvalue weighted by atomic mass is 16.5. The van der Waals surface area contributed by atoms with Gasteiger partial charge < -0.3 is 9.84 Å². The maximum atomic E-state index is 12.0. The van der Waals surface area contributed by atoms with Crippen LogP contribution in [0.5, 0.6) is 0 Å². The molecule has 0 heterocycles. The first kappa shape index (κ1) is 55.2. The Hall–Kier alpha value is -1.84. The van der Waals surface area contributed by atoms with Crippen LogP contribution in [0.25, 0.3) is 0 Å². The first-order valence-corrected chi connectivity index (χ1v) is 25.5. The number of carbonyl (C=O) groups excluding carboxylic acids is 1. The zero-order valence-corrected chi connectivity index (χ0v) is 38.2. The Labute approximate surface area is 356 Å². The number of hydrogen-bond donors (Lipinski definition) is 1. The molecule has 0 aromatic carbocycles. The summed E-state index contributed by atoms with van der Waals surface area (Å²) in [4.78, 5) is 22.5. The fourth-order valence-corrected chi connectivity index (χ4v) is 7.83. The molecule has 0 atom stereocenters. The second kappa shape index (κ2) is 50.3. The number of carboxylic acids is 1. The maximum absolute atomic E-state index is 12.0. The van der Waals surface area contributed by atoms with Gasteiger partial charge in [0.15, 0.2) is 0 Å². The molecule has 1 N–H and O–H groups in total. The Bertz CT molecular complexity index is 889. The van der Waals surface area contributed by atoms with Gasteiger partial charge in [0.2, 0.25) is 0 Å². The summed E-state index contributed by atoms with van der Waals surface area (Å²) in [5.74, 6) is -0.648. The second-order valence-corrected chi connectivity index (χ2v) is 17.3. The van der Waals surface area contributed by atoms with Crippen LogP contribution in [0.1, 0.15) is 283 Å². The lowest BCUT2D eigenvalue weighted by molar-refractivity contribution is -0.144. The number of carbonyl (C=O) groups is 2. The van der Waals surface area contributed by atoms with E-state index in [-0.39, 0.29) is 5.97 Å². The Balaban J connectivity index is 3.17. The Morgan fingerprint density at radius 1 is 0.351 bits per heavy atom. The van der Waals surface area contributed by atoms with Crippen LogP contribution in [0.3, 0.4) is 0 Å². The van der Waals surface area contributed by atoms with Crippen molar-refractivity contribution in [2.24, 2.45) is 0 Å². The number of allylic oxidation sites excluding steroid dienone is 6. The number of esters is 1. The van der Waals surface area contributed by atoms with Crippen molar-refractivity contribution < 1.29 is 19.4 Å². The van der Waals surface area contributed by atoms with E-state index in [2.05, 4.69) is 43.4 Å². The molecular weight excluding hydrogens is 701 g/mol. The zero-order chi connectivity index (χ0) is 41.2. The van der Waals surface area contributed by atoms with E-state index in [4.69, 9.17) is 9.84 Å². The second-order valence-electron chi connectivity index (χ2n) is 17.3. The smallest absolute Gasteiger partial charge is 0.305 e. The number of rotatable bonds is 48. The van der Waals surface area contributed by atoms with Crippen molar-refractivity contribution in [1.29, 1.82) is 0 Å². The monoisotopic (exact) mass is 799 g/mol. The van der Waals surface area contributed by atoms with Crippen LogP contribution >= 0.6 is 0 Å². The number of carboxylic acid groups (broad SMARTS) is 1. The molecule has 0 aliphatic carbocycles. The normalized spacial score (nSPS) is 11.9. The Morgan fingerprint density at radius 2 is 0.632 bits per heavy atom. The molecule has 0 aromatic rings. The molecule has 0 aliphatic heterocycles. The van der Waals surface area contributed by atoms with Crippen molar-refractivity contribution in [3.63, 3.8) is 0 Å². The minimum atomic E-state index is -0.652. The Morgan fingerprint density at radius 3 is 0.982 bits per heavy atom. The molecular formula is C53H98O4. The molecule has 334 valence electrons. The molecule has 0 aliphatic rings. The lowest BCUT2D eigenvalue weighted by Gasteiger charge is -2.06. The molecule has 0 bridgehead atoms. The minimum absolute atomic E-state index is 0.00472. The van der Waals surface area contributed by atoms with Crippen molar-refractivity contribution in [3.8, 4) is 0 Å². The van der Waals surface area contributed by atoms with Gasteiger partial charge in [-0.3, -0.25) is 9.59 Å². The minimum Gasteiger partial charge on any atom is -0.481 e. The molecule has 0 unspecified atom stereocenters. The highest BCUT2D eigenvalue weighted by Crippen LogP contribution is 2.17. The van der Waals surface area contributed by atoms with Crippen LogP contribution in [0.4, 0.5) is 0 Å². The van der Waals surface area contributed by atoms with E-state index in [1.165, 1.54) is 212 Å². The molecule has 0 radical (unpaired) electrons. The summed E-state index contributed by atoms with van der Waals surface area (Å²) < 4.78 is 5.47. The summed E-state index contributed by atoms with van der Waals surface area (Å²) in [5.41, 5.74) is 0. The van der Waals surface area contributed by atoms with Crippen LogP contribution in [0.15, 0.2) is 36.5 Å². The third-order valence-electron chi connectivity index (χ3n) is 11.6. The van der Waals surface area contributed by atoms with Gasteiger partial charge >= 0.3 is 11.9 Å². The summed E-state index contributed by atoms with van der Waals surface area (Å²) in [5, 5.41) is 8.66. The van der Waals surface area contributed by atoms with Gasteiger partial charge in [0, 0.05) is 12.8 Å². The van der Waals surface area contributed by atoms with Crippen molar-refractivity contribution in [3.05, 3.63) is 36.5 Å². The van der Waals surface area contributed by atoms with E-state index in [9.17, 15) is 9.59 Å². The third-order valence-corrected chi connectivity index (χ3v) is 11.6. The molecule has 0 rings (SSSR count). The summed E-state index contributed by atoms with van der Waals surface area (Å²) in [6.07, 6.45) is 68.0. The quantitative estimate of drug-likeness (QED) is 0.0378. The molecule has 0 amide bonds. The summed E-state index contributed by atoms with van der Waals surface area (Å²) in [6.45, 7) is 2.78. The fraction of sp³-hybridized carbons (Fsp3) is 0.849. The van der Waals surface area contributed by atoms with Gasteiger partial charge in [-0.2, -0.15) is 0 Å². The fourth-order valence-electron chi connectivity index (χ4n) is 7.83. The van der Waals surface area contributed by atoms with Crippen LogP contribution < -0.4 is 0 Å². The summed E-state index contributed by atoms with van der Waals surface area (Å²) in [7, 11) is 0. The van der Waals surface area contributed by atoms with Crippen molar-refractivity contribution in [1.82, 2.24) is 0 Å². The van der Waals surface area contributed by atoms with Gasteiger partial charge in [0.05, 0.1) is 6.61 Å². The first-order valence-electron chi connectivity index (χ1n) is 25.5. The van der Waals surface area contributed by atoms with Gasteiger partial charge in [-0.25, -0.2) is 0 Å². The molecule has 0 fully saturated rings. The maximum Gasteiger partial charge on any atom is 0.305 e. The molecule has 0 saturated carbocycles. The standard InChI is InChI=1S/C53H98O4/c1-2-3-4-5-6-7-8-9-28-32-35-38-41-44-47-50-53(56)57-51-48-45-42-39-36-33-30-27-25-23-21-19-17-15-13-11-10-12-14-16-18-20-22-24-26-29-31-34-37-40-43-46-49-52(54)55/h3-4,6-7,9,28H,2,5,8,10-27,29-51H2,1H3,(H,54,55)/b4-3-,7-6-,28-9-. The lowest BCUT2D eigenvalue weighted by Crippen LogP contribution is -2.05. The predicted octanol–water partition coefficient (Wildman–Crippen LogP) is 18.1. The van der Waals surface area contributed by atoms with Crippen molar-refractivity contribution in [2.75, 3.05) is 6.61 Å². The van der Waals surface area contributed by atoms with Crippen LogP contribution in [-0.2, 0) is 14.3 Å². The van der Waals surface area contributed by atoms with E-state index in [1.54, 1.807) is 0 Å². The topological polar surface area (TPSA) is 63.6 Å². The molecule has 4 heteroatoms. The number of hydrogen-bond acceptors (Lipinski definition) is 3. The highest BCUT2D eigenvalue weighted by molar-refractivity contribution is 5.69. The molecule has 0 spiro atoms. The molecule has 57 heavy (non-hydrogen) atoms. The van der Waals surface area contributed by atoms with Gasteiger partial charge in [0.1, 0.15) is 0 Å². The van der Waals surface area contributed by atoms with E-state index in [0.29, 0.717) is 19.4 Å². The van der Waals surface area contributed by atoms with Crippen LogP contribution in [0, 0.1) is 0 Å². The number of unbranched alkanes of at least 4 members (excludes halogenated alkanes) is 36. The predicted molar refractivity (Wildman–Crippen MR) is 250 cm³/mol. The number of ether oxygens (including phenoxy) is 1. The first-order chi connectivity index (χ1) is 28.2. The summed E-state index contributed by atoms with van der Waals surface area (Å²) >= 11 is 0. The van der Waals surface area contributed by atoms with E-state index in [1.807, 2.05) is 0 Å². The van der Waals surface area contributed by atoms with Crippen LogP contribution in [-0.4, -0.2) is 23.7 Å². The summed E-state index contributed by atoms with van der Waals surface area (Å²) in [6, 6.07) is 0. The largest absolute Gasteiger partial charge is 0.481 e. The zero-order valence-electron chi connectivity index (χ0n) is 38.2. The van der Waals surface area contributed by atoms with Gasteiger partial charge in [-0.1, -0.05) is 255 Å². The molecule has 4 nitrogen and oxygen atoms in total. The van der Waals surface area contributed by atoms with Gasteiger partial charge in [-0.15, -0.1) is 0 Å². The molecule has 0 saturated heterocycles. The van der Waals surface area contributed by atoms with E-state index >= 15 is 0 Å². The number of aliphatic carboxylic acids is 1. The van der Waals surface area contributed by atoms with Crippen molar-refractivity contribution >= 4 is 11.9 Å². The molecule has 0 aromatic heterocycles. The average molecular weight is 799 g/mol. The van der Waals surface area contributed by atoms with Crippen molar-refractivity contribution in [2.45, 2.75) is 283 Å².